The molecule has 3 amide bonds. The van der Waals surface area contributed by atoms with Gasteiger partial charge in [0.15, 0.2) is 0 Å². The van der Waals surface area contributed by atoms with E-state index in [4.69, 9.17) is 10.8 Å². The predicted octanol–water partition coefficient (Wildman–Crippen LogP) is -1.31. The second-order valence-electron chi connectivity index (χ2n) is 4.32. The molecule has 1 aromatic rings. The predicted molar refractivity (Wildman–Crippen MR) is 71.0 cm³/mol. The molecule has 0 saturated heterocycles. The lowest BCUT2D eigenvalue weighted by Gasteiger charge is -2.14. The molecule has 21 heavy (non-hydrogen) atoms. The van der Waals surface area contributed by atoms with E-state index in [1.165, 1.54) is 0 Å². The zero-order valence-electron chi connectivity index (χ0n) is 11.4. The van der Waals surface area contributed by atoms with Crippen molar-refractivity contribution in [1.82, 2.24) is 25.6 Å². The molecule has 0 unspecified atom stereocenters. The summed E-state index contributed by atoms with van der Waals surface area (Å²) in [6.45, 7) is 0.943. The normalized spacial score (nSPS) is 11.6. The number of urea groups is 1. The van der Waals surface area contributed by atoms with Gasteiger partial charge < -0.3 is 21.5 Å². The molecule has 10 heteroatoms. The lowest BCUT2D eigenvalue weighted by molar-refractivity contribution is -0.139. The zero-order valence-corrected chi connectivity index (χ0v) is 11.4. The zero-order chi connectivity index (χ0) is 15.7. The van der Waals surface area contributed by atoms with Gasteiger partial charge >= 0.3 is 12.0 Å². The van der Waals surface area contributed by atoms with Crippen LogP contribution in [0.5, 0.6) is 0 Å². The molecular formula is C11H18N6O4. The molecule has 0 spiro atoms. The Labute approximate surface area is 120 Å². The first-order valence-corrected chi connectivity index (χ1v) is 6.38. The van der Waals surface area contributed by atoms with Gasteiger partial charge in [0.05, 0.1) is 6.20 Å². The Hall–Kier alpha value is -2.65. The van der Waals surface area contributed by atoms with Crippen LogP contribution in [-0.4, -0.2) is 50.6 Å². The average molecular weight is 298 g/mol. The molecule has 0 radical (unpaired) electrons. The summed E-state index contributed by atoms with van der Waals surface area (Å²) in [6.07, 6.45) is 3.72. The third-order valence-electron chi connectivity index (χ3n) is 2.60. The van der Waals surface area contributed by atoms with Crippen LogP contribution in [0.4, 0.5) is 4.79 Å². The molecular weight excluding hydrogens is 280 g/mol. The van der Waals surface area contributed by atoms with Crippen LogP contribution in [0.2, 0.25) is 0 Å². The Morgan fingerprint density at radius 2 is 2.14 bits per heavy atom. The number of hydrogen-bond donors (Lipinski definition) is 4. The highest BCUT2D eigenvalue weighted by atomic mass is 16.4. The maximum atomic E-state index is 11.5. The molecule has 0 aliphatic heterocycles. The standard InChI is InChI=1S/C11H18N6O4/c12-9(18)3-2-8(10(19)20)15-11(21)13-4-1-6-17-7-5-14-16-17/h5,7-8H,1-4,6H2,(H2,12,18)(H,19,20)(H2,13,15,21)/t8-/m1/s1. The summed E-state index contributed by atoms with van der Waals surface area (Å²) in [5, 5.41) is 21.1. The number of amides is 3. The molecule has 0 saturated carbocycles. The summed E-state index contributed by atoms with van der Waals surface area (Å²) in [4.78, 5) is 33.1. The van der Waals surface area contributed by atoms with Crippen molar-refractivity contribution in [3.63, 3.8) is 0 Å². The molecule has 5 N–H and O–H groups in total. The van der Waals surface area contributed by atoms with Gasteiger partial charge in [-0.1, -0.05) is 5.21 Å². The van der Waals surface area contributed by atoms with Crippen LogP contribution in [-0.2, 0) is 16.1 Å². The van der Waals surface area contributed by atoms with Gasteiger partial charge in [0.2, 0.25) is 5.91 Å². The number of hydrogen-bond acceptors (Lipinski definition) is 5. The third-order valence-corrected chi connectivity index (χ3v) is 2.60. The molecule has 0 aromatic carbocycles. The van der Waals surface area contributed by atoms with Gasteiger partial charge in [-0.05, 0) is 12.8 Å². The second-order valence-corrected chi connectivity index (χ2v) is 4.32. The van der Waals surface area contributed by atoms with E-state index in [0.717, 1.165) is 0 Å². The summed E-state index contributed by atoms with van der Waals surface area (Å²) >= 11 is 0. The number of carboxylic acids is 1. The number of nitrogens with two attached hydrogens (primary N) is 1. The van der Waals surface area contributed by atoms with E-state index >= 15 is 0 Å². The second kappa shape index (κ2) is 8.51. The minimum Gasteiger partial charge on any atom is -0.480 e. The van der Waals surface area contributed by atoms with Crippen molar-refractivity contribution < 1.29 is 19.5 Å². The Morgan fingerprint density at radius 3 is 2.71 bits per heavy atom. The first-order valence-electron chi connectivity index (χ1n) is 6.38. The molecule has 1 rings (SSSR count). The van der Waals surface area contributed by atoms with Crippen molar-refractivity contribution in [2.24, 2.45) is 5.73 Å². The van der Waals surface area contributed by atoms with Crippen molar-refractivity contribution in [1.29, 1.82) is 0 Å². The Balaban J connectivity index is 2.23. The fraction of sp³-hybridized carbons (Fsp3) is 0.545. The van der Waals surface area contributed by atoms with Crippen LogP contribution >= 0.6 is 0 Å². The maximum Gasteiger partial charge on any atom is 0.326 e. The molecule has 1 heterocycles. The number of carbonyl (C=O) groups excluding carboxylic acids is 2. The number of nitrogens with one attached hydrogen (secondary N) is 2. The van der Waals surface area contributed by atoms with Gasteiger partial charge in [-0.2, -0.15) is 0 Å². The van der Waals surface area contributed by atoms with E-state index in [1.54, 1.807) is 17.1 Å². The number of primary amides is 1. The highest BCUT2D eigenvalue weighted by Gasteiger charge is 2.20. The van der Waals surface area contributed by atoms with Gasteiger partial charge in [0.25, 0.3) is 0 Å². The van der Waals surface area contributed by atoms with Crippen molar-refractivity contribution in [2.45, 2.75) is 31.8 Å². The summed E-state index contributed by atoms with van der Waals surface area (Å²) in [5.41, 5.74) is 4.94. The summed E-state index contributed by atoms with van der Waals surface area (Å²) in [6, 6.07) is -1.75. The van der Waals surface area contributed by atoms with Gasteiger partial charge in [0, 0.05) is 25.7 Å². The fourth-order valence-electron chi connectivity index (χ4n) is 1.55. The van der Waals surface area contributed by atoms with Crippen LogP contribution in [0.1, 0.15) is 19.3 Å². The smallest absolute Gasteiger partial charge is 0.326 e. The molecule has 1 atom stereocenters. The number of nitrogens with zero attached hydrogens (tertiary/aromatic N) is 3. The number of aryl methyl sites for hydroxylation is 1. The minimum absolute atomic E-state index is 0.0446. The number of rotatable bonds is 9. The Kier molecular flexibility index (Phi) is 6.65. The van der Waals surface area contributed by atoms with Gasteiger partial charge in [-0.25, -0.2) is 9.59 Å². The van der Waals surface area contributed by atoms with E-state index in [0.29, 0.717) is 19.5 Å². The third kappa shape index (κ3) is 6.89. The Morgan fingerprint density at radius 1 is 1.38 bits per heavy atom. The molecule has 1 aromatic heterocycles. The van der Waals surface area contributed by atoms with Crippen molar-refractivity contribution in [3.05, 3.63) is 12.4 Å². The summed E-state index contributed by atoms with van der Waals surface area (Å²) in [7, 11) is 0. The van der Waals surface area contributed by atoms with E-state index in [1.807, 2.05) is 0 Å². The van der Waals surface area contributed by atoms with E-state index in [2.05, 4.69) is 20.9 Å². The van der Waals surface area contributed by atoms with Crippen LogP contribution in [0.15, 0.2) is 12.4 Å². The molecule has 0 aliphatic rings. The van der Waals surface area contributed by atoms with Crippen molar-refractivity contribution in [3.8, 4) is 0 Å². The van der Waals surface area contributed by atoms with E-state index in [-0.39, 0.29) is 12.8 Å². The molecule has 0 aliphatic carbocycles. The van der Waals surface area contributed by atoms with Gasteiger partial charge in [0.1, 0.15) is 6.04 Å². The quantitative estimate of drug-likeness (QED) is 0.415. The summed E-state index contributed by atoms with van der Waals surface area (Å²) < 4.78 is 1.62. The maximum absolute atomic E-state index is 11.5. The van der Waals surface area contributed by atoms with E-state index in [9.17, 15) is 14.4 Å². The molecule has 10 nitrogen and oxygen atoms in total. The van der Waals surface area contributed by atoms with Gasteiger partial charge in [-0.15, -0.1) is 5.10 Å². The van der Waals surface area contributed by atoms with Crippen LogP contribution in [0.25, 0.3) is 0 Å². The number of carboxylic acid groups (broad SMARTS) is 1. The highest BCUT2D eigenvalue weighted by molar-refractivity contribution is 5.83. The van der Waals surface area contributed by atoms with Crippen molar-refractivity contribution in [2.75, 3.05) is 6.54 Å². The highest BCUT2D eigenvalue weighted by Crippen LogP contribution is 1.97. The monoisotopic (exact) mass is 298 g/mol. The minimum atomic E-state index is -1.21. The average Bonchev–Trinajstić information content (AvgIpc) is 2.92. The largest absolute Gasteiger partial charge is 0.480 e. The van der Waals surface area contributed by atoms with Crippen LogP contribution < -0.4 is 16.4 Å². The Bertz CT molecular complexity index is 475. The number of aromatic nitrogens is 3. The van der Waals surface area contributed by atoms with Crippen molar-refractivity contribution >= 4 is 17.9 Å². The van der Waals surface area contributed by atoms with Crippen LogP contribution in [0.3, 0.4) is 0 Å². The van der Waals surface area contributed by atoms with Crippen LogP contribution in [0, 0.1) is 0 Å². The molecule has 0 fully saturated rings. The topological polar surface area (TPSA) is 152 Å². The SMILES string of the molecule is NC(=O)CC[C@@H](NC(=O)NCCCn1ccnn1)C(=O)O. The number of carbonyl (C=O) groups is 3. The first-order chi connectivity index (χ1) is 9.99. The number of aliphatic carboxylic acids is 1. The van der Waals surface area contributed by atoms with Gasteiger partial charge in [-0.3, -0.25) is 9.48 Å². The van der Waals surface area contributed by atoms with E-state index < -0.39 is 23.9 Å². The fourth-order valence-corrected chi connectivity index (χ4v) is 1.55. The molecule has 116 valence electrons. The molecule has 0 bridgehead atoms. The lowest BCUT2D eigenvalue weighted by Crippen LogP contribution is -2.46. The first kappa shape index (κ1) is 16.4. The summed E-state index contributed by atoms with van der Waals surface area (Å²) in [5.74, 6) is -1.83. The lowest BCUT2D eigenvalue weighted by atomic mass is 10.1.